The molecule has 0 aromatic heterocycles. The molecule has 3 atom stereocenters. The van der Waals surface area contributed by atoms with Crippen molar-refractivity contribution >= 4 is 39.3 Å². The van der Waals surface area contributed by atoms with E-state index < -0.39 is 50.0 Å². The zero-order valence-electron chi connectivity index (χ0n) is 11.1. The Morgan fingerprint density at radius 1 is 1.33 bits per heavy atom. The quantitative estimate of drug-likeness (QED) is 0.592. The van der Waals surface area contributed by atoms with Crippen LogP contribution in [0.25, 0.3) is 0 Å². The van der Waals surface area contributed by atoms with Crippen molar-refractivity contribution in [1.29, 1.82) is 0 Å². The maximum atomic E-state index is 12.9. The van der Waals surface area contributed by atoms with Crippen molar-refractivity contribution in [3.8, 4) is 0 Å². The number of carboxylic acids is 1. The van der Waals surface area contributed by atoms with Crippen LogP contribution in [0.4, 0.5) is 13.2 Å². The summed E-state index contributed by atoms with van der Waals surface area (Å²) in [6, 6.07) is 0. The van der Waals surface area contributed by atoms with Gasteiger partial charge in [0.15, 0.2) is 0 Å². The smallest absolute Gasteiger partial charge is 0.424 e. The minimum Gasteiger partial charge on any atom is -0.481 e. The molecular weight excluding hydrogens is 360 g/mol. The second kappa shape index (κ2) is 5.14. The molecule has 0 heterocycles. The van der Waals surface area contributed by atoms with Gasteiger partial charge in [0.05, 0.1) is 12.2 Å². The largest absolute Gasteiger partial charge is 0.481 e. The first-order chi connectivity index (χ1) is 9.03. The van der Waals surface area contributed by atoms with Crippen molar-refractivity contribution in [1.82, 2.24) is 0 Å². The van der Waals surface area contributed by atoms with E-state index in [0.29, 0.717) is 6.26 Å². The maximum Gasteiger partial charge on any atom is 0.424 e. The minimum absolute atomic E-state index is 0.533. The summed E-state index contributed by atoms with van der Waals surface area (Å²) in [5.41, 5.74) is -1.14. The van der Waals surface area contributed by atoms with Gasteiger partial charge in [-0.2, -0.15) is 21.6 Å². The standard InChI is InChI=1S/C10H13Cl2F3O5S/c1-8(2)4(5(8)7(16)17)6(20-21(3,18)19)9(11,12)10(13,14)15/h4-6H,1-3H3,(H,16,17). The molecule has 5 nitrogen and oxygen atoms in total. The number of carboxylic acid groups (broad SMARTS) is 1. The molecule has 0 bridgehead atoms. The number of aliphatic carboxylic acids is 1. The number of hydrogen-bond acceptors (Lipinski definition) is 4. The van der Waals surface area contributed by atoms with Crippen LogP contribution in [0.1, 0.15) is 13.8 Å². The second-order valence-corrected chi connectivity index (χ2v) is 8.49. The highest BCUT2D eigenvalue weighted by Crippen LogP contribution is 2.65. The van der Waals surface area contributed by atoms with Crippen LogP contribution in [0.2, 0.25) is 0 Å². The SMILES string of the molecule is CC1(C)C(C(=O)O)C1C(OS(C)(=O)=O)C(Cl)(Cl)C(F)(F)F. The topological polar surface area (TPSA) is 80.7 Å². The van der Waals surface area contributed by atoms with Gasteiger partial charge in [0.25, 0.3) is 10.1 Å². The average molecular weight is 373 g/mol. The van der Waals surface area contributed by atoms with E-state index in [1.54, 1.807) is 0 Å². The Bertz CT molecular complexity index is 543. The summed E-state index contributed by atoms with van der Waals surface area (Å²) in [7, 11) is -4.33. The van der Waals surface area contributed by atoms with Gasteiger partial charge in [-0.1, -0.05) is 37.0 Å². The Morgan fingerprint density at radius 2 is 1.76 bits per heavy atom. The summed E-state index contributed by atoms with van der Waals surface area (Å²) in [6.07, 6.45) is -6.93. The van der Waals surface area contributed by atoms with Crippen LogP contribution in [0.3, 0.4) is 0 Å². The van der Waals surface area contributed by atoms with E-state index in [9.17, 15) is 26.4 Å². The monoisotopic (exact) mass is 372 g/mol. The van der Waals surface area contributed by atoms with Gasteiger partial charge in [0.2, 0.25) is 4.33 Å². The van der Waals surface area contributed by atoms with E-state index >= 15 is 0 Å². The van der Waals surface area contributed by atoms with Crippen molar-refractivity contribution in [3.63, 3.8) is 0 Å². The second-order valence-electron chi connectivity index (χ2n) is 5.50. The summed E-state index contributed by atoms with van der Waals surface area (Å²) in [6.45, 7) is 2.74. The average Bonchev–Trinajstić information content (AvgIpc) is 2.74. The third kappa shape index (κ3) is 3.57. The molecule has 21 heavy (non-hydrogen) atoms. The molecule has 1 aliphatic rings. The molecular formula is C10H13Cl2F3O5S. The third-order valence-electron chi connectivity index (χ3n) is 3.52. The molecule has 1 aliphatic carbocycles. The highest BCUT2D eigenvalue weighted by Gasteiger charge is 2.73. The van der Waals surface area contributed by atoms with Crippen LogP contribution in [0.5, 0.6) is 0 Å². The first kappa shape index (κ1) is 18.8. The van der Waals surface area contributed by atoms with E-state index in [2.05, 4.69) is 4.18 Å². The number of hydrogen-bond donors (Lipinski definition) is 1. The molecule has 1 N–H and O–H groups in total. The van der Waals surface area contributed by atoms with E-state index in [1.165, 1.54) is 13.8 Å². The Morgan fingerprint density at radius 3 is 2.00 bits per heavy atom. The molecule has 0 amide bonds. The van der Waals surface area contributed by atoms with Gasteiger partial charge >= 0.3 is 12.1 Å². The van der Waals surface area contributed by atoms with E-state index in [4.69, 9.17) is 28.3 Å². The lowest BCUT2D eigenvalue weighted by Crippen LogP contribution is -2.49. The van der Waals surface area contributed by atoms with Gasteiger partial charge in [-0.05, 0) is 5.41 Å². The lowest BCUT2D eigenvalue weighted by atomic mass is 10.0. The minimum atomic E-state index is -5.20. The molecule has 1 saturated carbocycles. The van der Waals surface area contributed by atoms with Crippen LogP contribution in [-0.2, 0) is 19.1 Å². The van der Waals surface area contributed by atoms with Gasteiger partial charge in [-0.25, -0.2) is 0 Å². The van der Waals surface area contributed by atoms with Crippen molar-refractivity contribution in [2.75, 3.05) is 6.26 Å². The van der Waals surface area contributed by atoms with E-state index in [0.717, 1.165) is 0 Å². The predicted octanol–water partition coefficient (Wildman–Crippen LogP) is 2.42. The number of halogens is 5. The molecule has 1 rings (SSSR count). The van der Waals surface area contributed by atoms with E-state index in [-0.39, 0.29) is 0 Å². The molecule has 0 spiro atoms. The Labute approximate surface area is 129 Å². The summed E-state index contributed by atoms with van der Waals surface area (Å²) in [5, 5.41) is 9.00. The summed E-state index contributed by atoms with van der Waals surface area (Å²) >= 11 is 10.5. The number of carbonyl (C=O) groups is 1. The van der Waals surface area contributed by atoms with Crippen LogP contribution < -0.4 is 0 Å². The molecule has 11 heteroatoms. The lowest BCUT2D eigenvalue weighted by Gasteiger charge is -2.31. The molecule has 124 valence electrons. The molecule has 0 aromatic carbocycles. The Kier molecular flexibility index (Phi) is 4.60. The molecule has 0 saturated heterocycles. The van der Waals surface area contributed by atoms with Crippen LogP contribution in [0.15, 0.2) is 0 Å². The fraction of sp³-hybridized carbons (Fsp3) is 0.900. The van der Waals surface area contributed by atoms with Crippen molar-refractivity contribution in [3.05, 3.63) is 0 Å². The molecule has 1 fully saturated rings. The molecule has 3 unspecified atom stereocenters. The first-order valence-electron chi connectivity index (χ1n) is 5.59. The first-order valence-corrected chi connectivity index (χ1v) is 8.16. The van der Waals surface area contributed by atoms with Gasteiger partial charge in [-0.3, -0.25) is 8.98 Å². The Hall–Kier alpha value is -0.250. The molecule has 0 radical (unpaired) electrons. The predicted molar refractivity (Wildman–Crippen MR) is 68.6 cm³/mol. The summed E-state index contributed by atoms with van der Waals surface area (Å²) in [5.74, 6) is -3.93. The zero-order valence-corrected chi connectivity index (χ0v) is 13.4. The maximum absolute atomic E-state index is 12.9. The highest BCUT2D eigenvalue weighted by molar-refractivity contribution is 7.86. The van der Waals surface area contributed by atoms with Crippen LogP contribution >= 0.6 is 23.2 Å². The number of alkyl halides is 5. The third-order valence-corrected chi connectivity index (χ3v) is 4.93. The molecule has 0 aromatic rings. The van der Waals surface area contributed by atoms with Gasteiger partial charge in [0, 0.05) is 5.92 Å². The summed E-state index contributed by atoms with van der Waals surface area (Å²) in [4.78, 5) is 11.1. The Balaban J connectivity index is 3.27. The van der Waals surface area contributed by atoms with Crippen LogP contribution in [0, 0.1) is 17.3 Å². The normalized spacial score (nSPS) is 27.2. The van der Waals surface area contributed by atoms with Gasteiger partial charge in [-0.15, -0.1) is 0 Å². The lowest BCUT2D eigenvalue weighted by molar-refractivity contribution is -0.162. The van der Waals surface area contributed by atoms with Gasteiger partial charge in [0.1, 0.15) is 6.10 Å². The number of rotatable bonds is 5. The van der Waals surface area contributed by atoms with Crippen molar-refractivity contribution < 1.29 is 35.7 Å². The zero-order chi connectivity index (χ0) is 17.0. The van der Waals surface area contributed by atoms with Crippen LogP contribution in [-0.4, -0.2) is 42.4 Å². The fourth-order valence-electron chi connectivity index (χ4n) is 2.41. The van der Waals surface area contributed by atoms with Gasteiger partial charge < -0.3 is 5.11 Å². The van der Waals surface area contributed by atoms with Crippen molar-refractivity contribution in [2.24, 2.45) is 17.3 Å². The van der Waals surface area contributed by atoms with E-state index in [1.807, 2.05) is 0 Å². The van der Waals surface area contributed by atoms with Crippen molar-refractivity contribution in [2.45, 2.75) is 30.5 Å². The highest BCUT2D eigenvalue weighted by atomic mass is 35.5. The summed E-state index contributed by atoms with van der Waals surface area (Å²) < 4.78 is 62.0. The molecule has 0 aliphatic heterocycles. The fourth-order valence-corrected chi connectivity index (χ4v) is 3.52.